The van der Waals surface area contributed by atoms with Crippen molar-refractivity contribution >= 4 is 44.9 Å². The van der Waals surface area contributed by atoms with Gasteiger partial charge in [-0.3, -0.25) is 14.5 Å². The van der Waals surface area contributed by atoms with Crippen LogP contribution in [0.1, 0.15) is 22.3 Å². The average molecular weight is 565 g/mol. The molecule has 0 aliphatic carbocycles. The van der Waals surface area contributed by atoms with Crippen LogP contribution in [0.3, 0.4) is 0 Å². The van der Waals surface area contributed by atoms with Gasteiger partial charge in [-0.1, -0.05) is 64.5 Å². The Morgan fingerprint density at radius 2 is 1.78 bits per heavy atom. The zero-order valence-electron chi connectivity index (χ0n) is 19.9. The van der Waals surface area contributed by atoms with Gasteiger partial charge in [-0.25, -0.2) is 0 Å². The summed E-state index contributed by atoms with van der Waals surface area (Å²) in [6, 6.07) is 21.5. The van der Waals surface area contributed by atoms with Crippen LogP contribution in [0, 0.1) is 0 Å². The monoisotopic (exact) mass is 563 g/mol. The minimum atomic E-state index is -0.277. The van der Waals surface area contributed by atoms with E-state index in [2.05, 4.69) is 22.5 Å². The van der Waals surface area contributed by atoms with E-state index >= 15 is 0 Å². The molecule has 0 bridgehead atoms. The predicted octanol–water partition coefficient (Wildman–Crippen LogP) is 7.04. The SMILES string of the molecule is C=CCc1cc(/C=C2\SC(=O)N(CCc3ccccc3)C2=O)cc(OC)c1OCc1ccc(Br)cc1. The van der Waals surface area contributed by atoms with Gasteiger partial charge in [0, 0.05) is 16.6 Å². The molecule has 1 saturated heterocycles. The number of imide groups is 1. The molecule has 1 fully saturated rings. The van der Waals surface area contributed by atoms with Crippen LogP contribution in [0.25, 0.3) is 6.08 Å². The third-order valence-corrected chi connectivity index (χ3v) is 7.11. The summed E-state index contributed by atoms with van der Waals surface area (Å²) in [7, 11) is 1.58. The zero-order chi connectivity index (χ0) is 25.5. The molecule has 2 amide bonds. The molecule has 7 heteroatoms. The largest absolute Gasteiger partial charge is 0.493 e. The van der Waals surface area contributed by atoms with Gasteiger partial charge < -0.3 is 9.47 Å². The summed E-state index contributed by atoms with van der Waals surface area (Å²) in [6.45, 7) is 4.59. The summed E-state index contributed by atoms with van der Waals surface area (Å²) in [5.41, 5.74) is 3.75. The van der Waals surface area contributed by atoms with Gasteiger partial charge in [0.15, 0.2) is 11.5 Å². The fraction of sp³-hybridized carbons (Fsp3) is 0.172. The van der Waals surface area contributed by atoms with Crippen molar-refractivity contribution in [3.63, 3.8) is 0 Å². The number of halogens is 1. The number of thioether (sulfide) groups is 1. The zero-order valence-corrected chi connectivity index (χ0v) is 22.3. The quantitative estimate of drug-likeness (QED) is 0.195. The van der Waals surface area contributed by atoms with Crippen molar-refractivity contribution in [2.45, 2.75) is 19.4 Å². The number of carbonyl (C=O) groups is 2. The number of benzene rings is 3. The maximum atomic E-state index is 13.0. The van der Waals surface area contributed by atoms with Crippen molar-refractivity contribution in [1.29, 1.82) is 0 Å². The lowest BCUT2D eigenvalue weighted by atomic mass is 10.0. The van der Waals surface area contributed by atoms with E-state index in [-0.39, 0.29) is 11.1 Å². The van der Waals surface area contributed by atoms with Crippen molar-refractivity contribution in [2.24, 2.45) is 0 Å². The van der Waals surface area contributed by atoms with Gasteiger partial charge >= 0.3 is 0 Å². The Kier molecular flexibility index (Phi) is 8.67. The molecule has 36 heavy (non-hydrogen) atoms. The smallest absolute Gasteiger partial charge is 0.293 e. The van der Waals surface area contributed by atoms with Gasteiger partial charge in [-0.05, 0) is 71.6 Å². The summed E-state index contributed by atoms with van der Waals surface area (Å²) < 4.78 is 12.8. The molecule has 0 atom stereocenters. The molecule has 184 valence electrons. The average Bonchev–Trinajstić information content (AvgIpc) is 3.15. The number of hydrogen-bond donors (Lipinski definition) is 0. The van der Waals surface area contributed by atoms with E-state index in [0.717, 1.165) is 38.5 Å². The van der Waals surface area contributed by atoms with Crippen molar-refractivity contribution in [2.75, 3.05) is 13.7 Å². The molecule has 3 aromatic carbocycles. The van der Waals surface area contributed by atoms with E-state index in [0.29, 0.717) is 42.4 Å². The lowest BCUT2D eigenvalue weighted by molar-refractivity contribution is -0.122. The van der Waals surface area contributed by atoms with E-state index in [9.17, 15) is 9.59 Å². The van der Waals surface area contributed by atoms with Gasteiger partial charge in [0.2, 0.25) is 0 Å². The summed E-state index contributed by atoms with van der Waals surface area (Å²) >= 11 is 4.40. The fourth-order valence-corrected chi connectivity index (χ4v) is 4.98. The molecule has 0 N–H and O–H groups in total. The molecule has 1 heterocycles. The van der Waals surface area contributed by atoms with E-state index in [1.807, 2.05) is 66.7 Å². The summed E-state index contributed by atoms with van der Waals surface area (Å²) in [4.78, 5) is 27.3. The Hall–Kier alpha value is -3.29. The Labute approximate surface area is 223 Å². The highest BCUT2D eigenvalue weighted by atomic mass is 79.9. The first kappa shape index (κ1) is 25.8. The second-order valence-electron chi connectivity index (χ2n) is 8.19. The van der Waals surface area contributed by atoms with E-state index in [1.165, 1.54) is 4.90 Å². The van der Waals surface area contributed by atoms with Crippen LogP contribution < -0.4 is 9.47 Å². The third kappa shape index (κ3) is 6.28. The van der Waals surface area contributed by atoms with Crippen LogP contribution in [-0.2, 0) is 24.2 Å². The molecule has 0 aromatic heterocycles. The standard InChI is InChI=1S/C29H26BrNO4S/c1-3-7-23-16-22(17-25(34-2)27(23)35-19-21-10-12-24(30)13-11-21)18-26-28(32)31(29(33)36-26)15-14-20-8-5-4-6-9-20/h3-6,8-13,16-18H,1,7,14-15,19H2,2H3/b26-18-. The normalized spacial score (nSPS) is 14.4. The summed E-state index contributed by atoms with van der Waals surface area (Å²) in [5.74, 6) is 0.912. The number of amides is 2. The lowest BCUT2D eigenvalue weighted by Gasteiger charge is -2.16. The lowest BCUT2D eigenvalue weighted by Crippen LogP contribution is -2.30. The Bertz CT molecular complexity index is 1290. The molecule has 0 radical (unpaired) electrons. The second-order valence-corrected chi connectivity index (χ2v) is 10.1. The van der Waals surface area contributed by atoms with Crippen LogP contribution >= 0.6 is 27.7 Å². The molecule has 0 saturated carbocycles. The highest BCUT2D eigenvalue weighted by molar-refractivity contribution is 9.10. The number of methoxy groups -OCH3 is 1. The molecule has 3 aromatic rings. The molecular weight excluding hydrogens is 538 g/mol. The van der Waals surface area contributed by atoms with Crippen LogP contribution in [0.15, 0.2) is 88.8 Å². The number of nitrogens with zero attached hydrogens (tertiary/aromatic N) is 1. The number of hydrogen-bond acceptors (Lipinski definition) is 5. The molecule has 1 aliphatic heterocycles. The van der Waals surface area contributed by atoms with E-state index in [1.54, 1.807) is 19.3 Å². The highest BCUT2D eigenvalue weighted by Gasteiger charge is 2.34. The van der Waals surface area contributed by atoms with Crippen molar-refractivity contribution in [3.05, 3.63) is 111 Å². The Morgan fingerprint density at radius 1 is 1.03 bits per heavy atom. The second kappa shape index (κ2) is 12.1. The molecule has 1 aliphatic rings. The van der Waals surface area contributed by atoms with Gasteiger partial charge in [-0.2, -0.15) is 0 Å². The first-order chi connectivity index (χ1) is 17.5. The summed E-state index contributed by atoms with van der Waals surface area (Å²) in [6.07, 6.45) is 4.71. The van der Waals surface area contributed by atoms with Crippen molar-refractivity contribution in [3.8, 4) is 11.5 Å². The molecule has 4 rings (SSSR count). The minimum absolute atomic E-state index is 0.255. The molecular formula is C29H26BrNO4S. The maximum absolute atomic E-state index is 13.0. The van der Waals surface area contributed by atoms with Crippen LogP contribution in [0.5, 0.6) is 11.5 Å². The number of rotatable bonds is 10. The highest BCUT2D eigenvalue weighted by Crippen LogP contribution is 2.37. The summed E-state index contributed by atoms with van der Waals surface area (Å²) in [5, 5.41) is -0.255. The molecule has 0 unspecified atom stereocenters. The van der Waals surface area contributed by atoms with Crippen molar-refractivity contribution < 1.29 is 19.1 Å². The third-order valence-electron chi connectivity index (χ3n) is 5.67. The van der Waals surface area contributed by atoms with Crippen LogP contribution in [0.2, 0.25) is 0 Å². The van der Waals surface area contributed by atoms with Crippen LogP contribution in [0.4, 0.5) is 4.79 Å². The van der Waals surface area contributed by atoms with Gasteiger partial charge in [0.05, 0.1) is 12.0 Å². The minimum Gasteiger partial charge on any atom is -0.493 e. The first-order valence-corrected chi connectivity index (χ1v) is 13.1. The Morgan fingerprint density at radius 3 is 2.47 bits per heavy atom. The van der Waals surface area contributed by atoms with Gasteiger partial charge in [0.1, 0.15) is 6.61 Å². The predicted molar refractivity (Wildman–Crippen MR) is 148 cm³/mol. The molecule has 5 nitrogen and oxygen atoms in total. The topological polar surface area (TPSA) is 55.8 Å². The molecule has 0 spiro atoms. The van der Waals surface area contributed by atoms with E-state index in [4.69, 9.17) is 9.47 Å². The Balaban J connectivity index is 1.54. The fourth-order valence-electron chi connectivity index (χ4n) is 3.86. The maximum Gasteiger partial charge on any atom is 0.293 e. The van der Waals surface area contributed by atoms with Crippen molar-refractivity contribution in [1.82, 2.24) is 4.90 Å². The number of ether oxygens (including phenoxy) is 2. The first-order valence-electron chi connectivity index (χ1n) is 11.5. The van der Waals surface area contributed by atoms with Crippen LogP contribution in [-0.4, -0.2) is 29.7 Å². The van der Waals surface area contributed by atoms with E-state index < -0.39 is 0 Å². The number of carbonyl (C=O) groups excluding carboxylic acids is 2. The van der Waals surface area contributed by atoms with Gasteiger partial charge in [-0.15, -0.1) is 6.58 Å². The number of allylic oxidation sites excluding steroid dienone is 1. The van der Waals surface area contributed by atoms with Gasteiger partial charge in [0.25, 0.3) is 11.1 Å².